The fourth-order valence-corrected chi connectivity index (χ4v) is 1.82. The van der Waals surface area contributed by atoms with Crippen molar-refractivity contribution in [3.05, 3.63) is 23.8 Å². The number of carbonyl (C=O) groups is 2. The zero-order valence-corrected chi connectivity index (χ0v) is 14.3. The van der Waals surface area contributed by atoms with Crippen molar-refractivity contribution in [3.8, 4) is 11.5 Å². The molecule has 0 aliphatic carbocycles. The SMILES string of the molecule is COc1ccc(C(=O)NC(C)C(C)C(=O)O)c(OCC(C)C)c1. The van der Waals surface area contributed by atoms with E-state index in [0.29, 0.717) is 29.6 Å². The van der Waals surface area contributed by atoms with Gasteiger partial charge in [-0.3, -0.25) is 9.59 Å². The third-order valence-corrected chi connectivity index (χ3v) is 3.50. The minimum Gasteiger partial charge on any atom is -0.497 e. The van der Waals surface area contributed by atoms with Gasteiger partial charge < -0.3 is 19.9 Å². The highest BCUT2D eigenvalue weighted by Gasteiger charge is 2.23. The Hall–Kier alpha value is -2.24. The summed E-state index contributed by atoms with van der Waals surface area (Å²) < 4.78 is 10.9. The van der Waals surface area contributed by atoms with E-state index in [1.54, 1.807) is 32.0 Å². The predicted molar refractivity (Wildman–Crippen MR) is 87.1 cm³/mol. The molecule has 0 fully saturated rings. The Bertz CT molecular complexity index is 556. The second-order valence-corrected chi connectivity index (χ2v) is 5.96. The number of hydrogen-bond acceptors (Lipinski definition) is 4. The highest BCUT2D eigenvalue weighted by molar-refractivity contribution is 5.97. The largest absolute Gasteiger partial charge is 0.497 e. The normalized spacial score (nSPS) is 13.3. The number of carboxylic acids is 1. The lowest BCUT2D eigenvalue weighted by Crippen LogP contribution is -2.40. The standard InChI is InChI=1S/C17H25NO5/c1-10(2)9-23-15-8-13(22-5)6-7-14(15)16(19)18-12(4)11(3)17(20)21/h6-8,10-12H,9H2,1-5H3,(H,18,19)(H,20,21). The first kappa shape index (κ1) is 18.8. The summed E-state index contributed by atoms with van der Waals surface area (Å²) in [4.78, 5) is 23.4. The van der Waals surface area contributed by atoms with Crippen molar-refractivity contribution >= 4 is 11.9 Å². The van der Waals surface area contributed by atoms with Crippen LogP contribution in [0.3, 0.4) is 0 Å². The minimum atomic E-state index is -0.955. The van der Waals surface area contributed by atoms with Gasteiger partial charge in [-0.05, 0) is 31.9 Å². The Balaban J connectivity index is 2.95. The zero-order chi connectivity index (χ0) is 17.6. The molecule has 0 spiro atoms. The number of benzene rings is 1. The third kappa shape index (κ3) is 5.47. The summed E-state index contributed by atoms with van der Waals surface area (Å²) in [6.45, 7) is 7.70. The molecule has 2 unspecified atom stereocenters. The van der Waals surface area contributed by atoms with Crippen LogP contribution in [0.1, 0.15) is 38.1 Å². The first-order valence-corrected chi connectivity index (χ1v) is 7.60. The molecule has 0 heterocycles. The molecule has 0 aliphatic rings. The first-order chi connectivity index (χ1) is 10.8. The molecule has 1 amide bonds. The van der Waals surface area contributed by atoms with Gasteiger partial charge in [0.1, 0.15) is 11.5 Å². The van der Waals surface area contributed by atoms with Gasteiger partial charge in [0.05, 0.1) is 25.2 Å². The second kappa shape index (κ2) is 8.41. The van der Waals surface area contributed by atoms with Crippen LogP contribution in [0.2, 0.25) is 0 Å². The van der Waals surface area contributed by atoms with E-state index in [9.17, 15) is 9.59 Å². The number of carboxylic acid groups (broad SMARTS) is 1. The van der Waals surface area contributed by atoms with E-state index in [2.05, 4.69) is 5.32 Å². The minimum absolute atomic E-state index is 0.308. The first-order valence-electron chi connectivity index (χ1n) is 7.60. The molecule has 128 valence electrons. The summed E-state index contributed by atoms with van der Waals surface area (Å²) in [5, 5.41) is 11.7. The Morgan fingerprint density at radius 2 is 1.87 bits per heavy atom. The van der Waals surface area contributed by atoms with Gasteiger partial charge in [-0.15, -0.1) is 0 Å². The lowest BCUT2D eigenvalue weighted by atomic mass is 10.0. The van der Waals surface area contributed by atoms with Gasteiger partial charge in [0.25, 0.3) is 5.91 Å². The molecule has 0 aliphatic heterocycles. The van der Waals surface area contributed by atoms with Gasteiger partial charge in [-0.1, -0.05) is 13.8 Å². The molecule has 1 aromatic carbocycles. The van der Waals surface area contributed by atoms with Gasteiger partial charge in [0, 0.05) is 12.1 Å². The molecule has 6 nitrogen and oxygen atoms in total. The molecule has 23 heavy (non-hydrogen) atoms. The summed E-state index contributed by atoms with van der Waals surface area (Å²) in [5.41, 5.74) is 0.357. The van der Waals surface area contributed by atoms with Crippen LogP contribution in [0.15, 0.2) is 18.2 Å². The van der Waals surface area contributed by atoms with Crippen LogP contribution in [0.25, 0.3) is 0 Å². The van der Waals surface area contributed by atoms with E-state index in [1.165, 1.54) is 7.11 Å². The predicted octanol–water partition coefficient (Wildman–Crippen LogP) is 2.57. The van der Waals surface area contributed by atoms with Gasteiger partial charge in [0.15, 0.2) is 0 Å². The van der Waals surface area contributed by atoms with E-state index in [4.69, 9.17) is 14.6 Å². The van der Waals surface area contributed by atoms with Crippen LogP contribution >= 0.6 is 0 Å². The Morgan fingerprint density at radius 3 is 2.39 bits per heavy atom. The van der Waals surface area contributed by atoms with Gasteiger partial charge >= 0.3 is 5.97 Å². The van der Waals surface area contributed by atoms with Gasteiger partial charge in [-0.25, -0.2) is 0 Å². The highest BCUT2D eigenvalue weighted by atomic mass is 16.5. The maximum Gasteiger partial charge on any atom is 0.308 e. The smallest absolute Gasteiger partial charge is 0.308 e. The molecular formula is C17H25NO5. The summed E-state index contributed by atoms with van der Waals surface area (Å²) in [6.07, 6.45) is 0. The molecule has 0 bridgehead atoms. The van der Waals surface area contributed by atoms with E-state index in [1.807, 2.05) is 13.8 Å². The van der Waals surface area contributed by atoms with E-state index < -0.39 is 17.9 Å². The van der Waals surface area contributed by atoms with Crippen LogP contribution < -0.4 is 14.8 Å². The average molecular weight is 323 g/mol. The summed E-state index contributed by atoms with van der Waals surface area (Å²) in [6, 6.07) is 4.44. The molecule has 2 atom stereocenters. The number of amides is 1. The number of methoxy groups -OCH3 is 1. The van der Waals surface area contributed by atoms with Crippen molar-refractivity contribution in [1.82, 2.24) is 5.32 Å². The molecule has 6 heteroatoms. The van der Waals surface area contributed by atoms with Crippen LogP contribution in [-0.2, 0) is 4.79 Å². The third-order valence-electron chi connectivity index (χ3n) is 3.50. The molecule has 0 saturated heterocycles. The van der Waals surface area contributed by atoms with Crippen molar-refractivity contribution < 1.29 is 24.2 Å². The zero-order valence-electron chi connectivity index (χ0n) is 14.3. The molecule has 2 N–H and O–H groups in total. The summed E-state index contributed by atoms with van der Waals surface area (Å²) in [5.74, 6) is -0.686. The number of rotatable bonds is 8. The van der Waals surface area contributed by atoms with Crippen LogP contribution in [0.4, 0.5) is 0 Å². The number of nitrogens with one attached hydrogen (secondary N) is 1. The Labute approximate surface area is 136 Å². The van der Waals surface area contributed by atoms with Crippen molar-refractivity contribution in [3.63, 3.8) is 0 Å². The second-order valence-electron chi connectivity index (χ2n) is 5.96. The van der Waals surface area contributed by atoms with E-state index in [0.717, 1.165) is 0 Å². The van der Waals surface area contributed by atoms with Crippen LogP contribution in [0.5, 0.6) is 11.5 Å². The van der Waals surface area contributed by atoms with Gasteiger partial charge in [0.2, 0.25) is 0 Å². The number of hydrogen-bond donors (Lipinski definition) is 2. The maximum atomic E-state index is 12.4. The molecule has 0 radical (unpaired) electrons. The fourth-order valence-electron chi connectivity index (χ4n) is 1.82. The Morgan fingerprint density at radius 1 is 1.22 bits per heavy atom. The maximum absolute atomic E-state index is 12.4. The molecule has 1 aromatic rings. The summed E-state index contributed by atoms with van der Waals surface area (Å²) in [7, 11) is 1.54. The molecule has 0 aromatic heterocycles. The van der Waals surface area contributed by atoms with Crippen LogP contribution in [-0.4, -0.2) is 36.7 Å². The van der Waals surface area contributed by atoms with Gasteiger partial charge in [-0.2, -0.15) is 0 Å². The number of ether oxygens (including phenoxy) is 2. The number of aliphatic carboxylic acids is 1. The lowest BCUT2D eigenvalue weighted by molar-refractivity contribution is -0.141. The van der Waals surface area contributed by atoms with Crippen LogP contribution in [0, 0.1) is 11.8 Å². The fraction of sp³-hybridized carbons (Fsp3) is 0.529. The van der Waals surface area contributed by atoms with Crippen molar-refractivity contribution in [2.75, 3.05) is 13.7 Å². The highest BCUT2D eigenvalue weighted by Crippen LogP contribution is 2.25. The molecular weight excluding hydrogens is 298 g/mol. The topological polar surface area (TPSA) is 84.9 Å². The quantitative estimate of drug-likeness (QED) is 0.768. The Kier molecular flexibility index (Phi) is 6.88. The number of carbonyl (C=O) groups excluding carboxylic acids is 1. The lowest BCUT2D eigenvalue weighted by Gasteiger charge is -2.19. The molecule has 1 rings (SSSR count). The molecule has 0 saturated carbocycles. The monoisotopic (exact) mass is 323 g/mol. The van der Waals surface area contributed by atoms with E-state index in [-0.39, 0.29) is 5.91 Å². The average Bonchev–Trinajstić information content (AvgIpc) is 2.51. The van der Waals surface area contributed by atoms with Crippen molar-refractivity contribution in [2.45, 2.75) is 33.7 Å². The van der Waals surface area contributed by atoms with Crippen molar-refractivity contribution in [1.29, 1.82) is 0 Å². The van der Waals surface area contributed by atoms with E-state index >= 15 is 0 Å². The summed E-state index contributed by atoms with van der Waals surface area (Å²) >= 11 is 0. The van der Waals surface area contributed by atoms with Crippen molar-refractivity contribution in [2.24, 2.45) is 11.8 Å².